The second-order valence-corrected chi connectivity index (χ2v) is 10.8. The molecule has 0 aromatic heterocycles. The van der Waals surface area contributed by atoms with Crippen molar-refractivity contribution in [1.29, 1.82) is 0 Å². The summed E-state index contributed by atoms with van der Waals surface area (Å²) in [5.74, 6) is -0.0556. The smallest absolute Gasteiger partial charge is 0.324 e. The summed E-state index contributed by atoms with van der Waals surface area (Å²) in [6.07, 6.45) is 0. The number of hydrogen-bond donors (Lipinski definition) is 0. The summed E-state index contributed by atoms with van der Waals surface area (Å²) in [6, 6.07) is 0.0425. The van der Waals surface area contributed by atoms with Gasteiger partial charge in [0.1, 0.15) is 19.9 Å². The molecule has 0 aromatic rings. The van der Waals surface area contributed by atoms with Crippen LogP contribution >= 0.6 is 0 Å². The topological polar surface area (TPSA) is 29.3 Å². The Balaban J connectivity index is 2.45. The maximum atomic E-state index is 11.6. The molecule has 0 amide bonds. The van der Waals surface area contributed by atoms with Gasteiger partial charge in [-0.05, 0) is 20.8 Å². The van der Waals surface area contributed by atoms with Gasteiger partial charge in [0.25, 0.3) is 0 Å². The van der Waals surface area contributed by atoms with Gasteiger partial charge in [0.2, 0.25) is 0 Å². The van der Waals surface area contributed by atoms with Gasteiger partial charge in [-0.2, -0.15) is 0 Å². The van der Waals surface area contributed by atoms with Crippen molar-refractivity contribution in [2.75, 3.05) is 6.54 Å². The Kier molecular flexibility index (Phi) is 2.80. The predicted octanol–water partition coefficient (Wildman–Crippen LogP) is 1.85. The van der Waals surface area contributed by atoms with Gasteiger partial charge in [-0.25, -0.2) is 0 Å². The van der Waals surface area contributed by atoms with Gasteiger partial charge in [0.15, 0.2) is 0 Å². The summed E-state index contributed by atoms with van der Waals surface area (Å²) < 4.78 is 7.61. The van der Waals surface area contributed by atoms with Crippen molar-refractivity contribution in [2.45, 2.75) is 52.1 Å². The molecule has 4 heteroatoms. The standard InChI is InChI=1S/C10H21NO2Si/c1-10(2,3)13-9(12)8-7-11(8)14(4,5)6/h8H,7H2,1-6H3/t8-,11?/m0/s1. The minimum Gasteiger partial charge on any atom is -0.459 e. The molecule has 0 saturated carbocycles. The van der Waals surface area contributed by atoms with E-state index in [9.17, 15) is 4.79 Å². The summed E-state index contributed by atoms with van der Waals surface area (Å²) in [4.78, 5) is 11.6. The maximum absolute atomic E-state index is 11.6. The SMILES string of the molecule is CC(C)(C)OC(=O)[C@@H]1CN1[Si](C)(C)C. The third-order valence-corrected chi connectivity index (χ3v) is 4.37. The lowest BCUT2D eigenvalue weighted by molar-refractivity contribution is -0.154. The third kappa shape index (κ3) is 3.10. The highest BCUT2D eigenvalue weighted by molar-refractivity contribution is 6.74. The highest BCUT2D eigenvalue weighted by Gasteiger charge is 2.49. The molecule has 1 heterocycles. The van der Waals surface area contributed by atoms with Gasteiger partial charge in [0, 0.05) is 6.54 Å². The molecule has 82 valence electrons. The minimum atomic E-state index is -1.29. The third-order valence-electron chi connectivity index (χ3n) is 2.15. The van der Waals surface area contributed by atoms with Crippen LogP contribution in [0.1, 0.15) is 20.8 Å². The van der Waals surface area contributed by atoms with Crippen LogP contribution in [0.2, 0.25) is 19.6 Å². The van der Waals surface area contributed by atoms with E-state index in [1.807, 2.05) is 20.8 Å². The Hall–Kier alpha value is -0.353. The van der Waals surface area contributed by atoms with E-state index in [1.165, 1.54) is 0 Å². The Morgan fingerprint density at radius 1 is 1.36 bits per heavy atom. The first-order valence-corrected chi connectivity index (χ1v) is 8.55. The maximum Gasteiger partial charge on any atom is 0.324 e. The largest absolute Gasteiger partial charge is 0.459 e. The molecule has 0 N–H and O–H groups in total. The van der Waals surface area contributed by atoms with E-state index < -0.39 is 8.24 Å². The fourth-order valence-electron chi connectivity index (χ4n) is 1.45. The van der Waals surface area contributed by atoms with Crippen molar-refractivity contribution in [3.63, 3.8) is 0 Å². The van der Waals surface area contributed by atoms with Gasteiger partial charge < -0.3 is 9.30 Å². The predicted molar refractivity (Wildman–Crippen MR) is 59.7 cm³/mol. The first-order valence-electron chi connectivity index (χ1n) is 5.11. The summed E-state index contributed by atoms with van der Waals surface area (Å²) in [7, 11) is -1.29. The molecule has 0 aromatic carbocycles. The van der Waals surface area contributed by atoms with Crippen LogP contribution in [-0.4, -0.2) is 37.0 Å². The number of ether oxygens (including phenoxy) is 1. The van der Waals surface area contributed by atoms with Gasteiger partial charge in [-0.3, -0.25) is 4.79 Å². The van der Waals surface area contributed by atoms with Crippen molar-refractivity contribution in [1.82, 2.24) is 4.57 Å². The van der Waals surface area contributed by atoms with E-state index in [2.05, 4.69) is 24.2 Å². The van der Waals surface area contributed by atoms with E-state index in [-0.39, 0.29) is 17.6 Å². The average molecular weight is 215 g/mol. The second-order valence-electron chi connectivity index (χ2n) is 5.87. The molecule has 1 saturated heterocycles. The lowest BCUT2D eigenvalue weighted by Gasteiger charge is -2.22. The zero-order chi connectivity index (χ0) is 11.1. The molecule has 14 heavy (non-hydrogen) atoms. The zero-order valence-electron chi connectivity index (χ0n) is 10.0. The van der Waals surface area contributed by atoms with Crippen LogP contribution in [0, 0.1) is 0 Å². The normalized spacial score (nSPS) is 27.3. The van der Waals surface area contributed by atoms with Crippen LogP contribution in [0.3, 0.4) is 0 Å². The first kappa shape index (κ1) is 11.7. The van der Waals surface area contributed by atoms with Crippen molar-refractivity contribution in [2.24, 2.45) is 0 Å². The van der Waals surface area contributed by atoms with E-state index in [0.717, 1.165) is 6.54 Å². The number of carbonyl (C=O) groups excluding carboxylic acids is 1. The molecule has 0 bridgehead atoms. The Bertz CT molecular complexity index is 239. The number of carbonyl (C=O) groups is 1. The molecular weight excluding hydrogens is 194 g/mol. The number of esters is 1. The van der Waals surface area contributed by atoms with E-state index in [0.29, 0.717) is 0 Å². The molecule has 1 aliphatic heterocycles. The monoisotopic (exact) mass is 215 g/mol. The Morgan fingerprint density at radius 3 is 2.14 bits per heavy atom. The average Bonchev–Trinajstić information content (AvgIpc) is 2.55. The molecule has 0 radical (unpaired) electrons. The summed E-state index contributed by atoms with van der Waals surface area (Å²) in [5, 5.41) is 0. The fourth-order valence-corrected chi connectivity index (χ4v) is 3.21. The van der Waals surface area contributed by atoms with Crippen molar-refractivity contribution < 1.29 is 9.53 Å². The van der Waals surface area contributed by atoms with Gasteiger partial charge in [0.05, 0.1) is 0 Å². The lowest BCUT2D eigenvalue weighted by atomic mass is 10.2. The summed E-state index contributed by atoms with van der Waals surface area (Å²) in [6.45, 7) is 13.4. The minimum absolute atomic E-state index is 0.0425. The van der Waals surface area contributed by atoms with Crippen LogP contribution in [0.15, 0.2) is 0 Å². The van der Waals surface area contributed by atoms with E-state index in [4.69, 9.17) is 4.74 Å². The molecule has 0 spiro atoms. The van der Waals surface area contributed by atoms with Crippen LogP contribution < -0.4 is 0 Å². The first-order chi connectivity index (χ1) is 6.11. The Morgan fingerprint density at radius 2 is 1.86 bits per heavy atom. The quantitative estimate of drug-likeness (QED) is 0.400. The van der Waals surface area contributed by atoms with E-state index >= 15 is 0 Å². The van der Waals surface area contributed by atoms with Crippen LogP contribution in [0.4, 0.5) is 0 Å². The number of rotatable bonds is 2. The molecule has 1 unspecified atom stereocenters. The van der Waals surface area contributed by atoms with Crippen LogP contribution in [-0.2, 0) is 9.53 Å². The summed E-state index contributed by atoms with van der Waals surface area (Å²) in [5.41, 5.74) is -0.356. The highest BCUT2D eigenvalue weighted by atomic mass is 28.3. The van der Waals surface area contributed by atoms with Crippen molar-refractivity contribution in [3.8, 4) is 0 Å². The highest BCUT2D eigenvalue weighted by Crippen LogP contribution is 2.28. The van der Waals surface area contributed by atoms with Crippen LogP contribution in [0.25, 0.3) is 0 Å². The lowest BCUT2D eigenvalue weighted by Crippen LogP contribution is -2.37. The molecule has 0 aliphatic carbocycles. The van der Waals surface area contributed by atoms with Gasteiger partial charge >= 0.3 is 5.97 Å². The van der Waals surface area contributed by atoms with E-state index in [1.54, 1.807) is 0 Å². The molecule has 1 aliphatic rings. The molecule has 2 atom stereocenters. The van der Waals surface area contributed by atoms with Crippen LogP contribution in [0.5, 0.6) is 0 Å². The molecule has 1 rings (SSSR count). The van der Waals surface area contributed by atoms with Crippen molar-refractivity contribution >= 4 is 14.2 Å². The van der Waals surface area contributed by atoms with Crippen molar-refractivity contribution in [3.05, 3.63) is 0 Å². The Labute approximate surface area is 87.5 Å². The zero-order valence-corrected chi connectivity index (χ0v) is 11.0. The number of hydrogen-bond acceptors (Lipinski definition) is 3. The molecule has 3 nitrogen and oxygen atoms in total. The molecule has 1 fully saturated rings. The van der Waals surface area contributed by atoms with Gasteiger partial charge in [-0.15, -0.1) is 0 Å². The molecular formula is C10H21NO2Si. The number of nitrogens with zero attached hydrogens (tertiary/aromatic N) is 1. The summed E-state index contributed by atoms with van der Waals surface area (Å²) >= 11 is 0. The fraction of sp³-hybridized carbons (Fsp3) is 0.900. The second kappa shape index (κ2) is 3.34. The van der Waals surface area contributed by atoms with Gasteiger partial charge in [-0.1, -0.05) is 19.6 Å².